The monoisotopic (exact) mass is 596 g/mol. The normalized spacial score (nSPS) is 20.7. The number of likely N-dealkylation sites (tertiary alicyclic amines) is 1. The second-order valence-electron chi connectivity index (χ2n) is 12.2. The Bertz CT molecular complexity index is 1450. The lowest BCUT2D eigenvalue weighted by Gasteiger charge is -2.47. The van der Waals surface area contributed by atoms with Crippen molar-refractivity contribution in [3.8, 4) is 5.75 Å². The van der Waals surface area contributed by atoms with E-state index in [1.165, 1.54) is 0 Å². The standard InChI is InChI=1S/C36H44N4O4/c1-4-17-39-23-26(3)40(24-25(39)2)34(30-8-6-10-33(41)21-30)29-7-5-9-31(20-29)35(42)38-18-15-32(16-19-38)37-22-27-11-13-28(14-12-27)36(43)44/h4-14,20-21,25-26,32,34,37,41H,1,15-19,22-24H2,2-3H3,(H,43,44)/t25-,26-,34?/m1/s1. The number of nitrogens with one attached hydrogen (secondary N) is 1. The van der Waals surface area contributed by atoms with Gasteiger partial charge in [-0.05, 0) is 79.8 Å². The van der Waals surface area contributed by atoms with Gasteiger partial charge in [0.25, 0.3) is 5.91 Å². The van der Waals surface area contributed by atoms with Crippen LogP contribution in [0.25, 0.3) is 0 Å². The van der Waals surface area contributed by atoms with Gasteiger partial charge in [0.05, 0.1) is 11.6 Å². The van der Waals surface area contributed by atoms with Crippen LogP contribution in [-0.4, -0.2) is 87.6 Å². The number of aromatic hydroxyl groups is 1. The van der Waals surface area contributed by atoms with Crippen molar-refractivity contribution in [2.75, 3.05) is 32.7 Å². The van der Waals surface area contributed by atoms with Crippen molar-refractivity contribution in [2.45, 2.75) is 57.4 Å². The van der Waals surface area contributed by atoms with Crippen LogP contribution in [-0.2, 0) is 6.54 Å². The number of piperazine rings is 1. The fourth-order valence-electron chi connectivity index (χ4n) is 6.61. The predicted octanol–water partition coefficient (Wildman–Crippen LogP) is 5.15. The Labute approximate surface area is 260 Å². The Hall–Kier alpha value is -3.98. The molecule has 1 unspecified atom stereocenters. The molecule has 1 amide bonds. The number of piperidine rings is 1. The number of carbonyl (C=O) groups excluding carboxylic acids is 1. The summed E-state index contributed by atoms with van der Waals surface area (Å²) in [5.41, 5.74) is 4.06. The van der Waals surface area contributed by atoms with Gasteiger partial charge in [0.15, 0.2) is 0 Å². The van der Waals surface area contributed by atoms with Crippen LogP contribution in [0.2, 0.25) is 0 Å². The van der Waals surface area contributed by atoms with Gasteiger partial charge in [-0.15, -0.1) is 6.58 Å². The lowest BCUT2D eigenvalue weighted by Crippen LogP contribution is -2.57. The first-order valence-corrected chi connectivity index (χ1v) is 15.6. The predicted molar refractivity (Wildman–Crippen MR) is 173 cm³/mol. The topological polar surface area (TPSA) is 96.4 Å². The summed E-state index contributed by atoms with van der Waals surface area (Å²) in [5.74, 6) is -0.644. The van der Waals surface area contributed by atoms with Crippen LogP contribution in [0.5, 0.6) is 5.75 Å². The third kappa shape index (κ3) is 7.38. The van der Waals surface area contributed by atoms with Crippen molar-refractivity contribution in [3.05, 3.63) is 113 Å². The summed E-state index contributed by atoms with van der Waals surface area (Å²) in [6.07, 6.45) is 3.67. The Morgan fingerprint density at radius 2 is 1.61 bits per heavy atom. The van der Waals surface area contributed by atoms with E-state index in [1.54, 1.807) is 18.2 Å². The average molecular weight is 597 g/mol. The van der Waals surface area contributed by atoms with Crippen molar-refractivity contribution < 1.29 is 19.8 Å². The number of aromatic carboxylic acids is 1. The molecule has 3 atom stereocenters. The molecule has 3 aromatic rings. The fraction of sp³-hybridized carbons (Fsp3) is 0.389. The third-order valence-corrected chi connectivity index (χ3v) is 9.07. The van der Waals surface area contributed by atoms with E-state index in [0.29, 0.717) is 37.3 Å². The van der Waals surface area contributed by atoms with Gasteiger partial charge < -0.3 is 20.4 Å². The van der Waals surface area contributed by atoms with Crippen molar-refractivity contribution in [1.82, 2.24) is 20.0 Å². The molecule has 232 valence electrons. The smallest absolute Gasteiger partial charge is 0.335 e. The first kappa shape index (κ1) is 31.4. The Kier molecular flexibility index (Phi) is 10.1. The second-order valence-corrected chi connectivity index (χ2v) is 12.2. The molecule has 8 nitrogen and oxygen atoms in total. The maximum absolute atomic E-state index is 13.7. The summed E-state index contributed by atoms with van der Waals surface area (Å²) in [7, 11) is 0. The number of carboxylic acids is 1. The summed E-state index contributed by atoms with van der Waals surface area (Å²) in [5, 5.41) is 23.1. The van der Waals surface area contributed by atoms with E-state index in [-0.39, 0.29) is 29.3 Å². The molecule has 3 N–H and O–H groups in total. The summed E-state index contributed by atoms with van der Waals surface area (Å²) < 4.78 is 0. The van der Waals surface area contributed by atoms with E-state index in [4.69, 9.17) is 5.11 Å². The van der Waals surface area contributed by atoms with Gasteiger partial charge in [0, 0.05) is 63.0 Å². The molecule has 0 radical (unpaired) electrons. The van der Waals surface area contributed by atoms with Crippen LogP contribution in [0.4, 0.5) is 0 Å². The second kappa shape index (κ2) is 14.2. The zero-order valence-corrected chi connectivity index (χ0v) is 25.7. The largest absolute Gasteiger partial charge is 0.508 e. The Balaban J connectivity index is 1.27. The molecule has 0 spiro atoms. The molecule has 44 heavy (non-hydrogen) atoms. The van der Waals surface area contributed by atoms with E-state index in [1.807, 2.05) is 53.4 Å². The van der Waals surface area contributed by atoms with Gasteiger partial charge in [-0.1, -0.05) is 42.5 Å². The SMILES string of the molecule is C=CCN1C[C@@H](C)N(C(c2cccc(O)c2)c2cccc(C(=O)N3CCC(NCc4ccc(C(=O)O)cc4)CC3)c2)C[C@H]1C. The van der Waals surface area contributed by atoms with E-state index in [2.05, 4.69) is 47.7 Å². The molecule has 2 saturated heterocycles. The van der Waals surface area contributed by atoms with E-state index < -0.39 is 5.97 Å². The maximum atomic E-state index is 13.7. The van der Waals surface area contributed by atoms with Crippen LogP contribution < -0.4 is 5.32 Å². The van der Waals surface area contributed by atoms with Crippen molar-refractivity contribution >= 4 is 11.9 Å². The summed E-state index contributed by atoms with van der Waals surface area (Å²) >= 11 is 0. The van der Waals surface area contributed by atoms with Crippen LogP contribution in [0.3, 0.4) is 0 Å². The van der Waals surface area contributed by atoms with Crippen LogP contribution in [0.15, 0.2) is 85.5 Å². The highest BCUT2D eigenvalue weighted by Crippen LogP contribution is 2.35. The number of rotatable bonds is 10. The highest BCUT2D eigenvalue weighted by Gasteiger charge is 2.35. The van der Waals surface area contributed by atoms with Crippen molar-refractivity contribution in [2.24, 2.45) is 0 Å². The minimum Gasteiger partial charge on any atom is -0.508 e. The number of hydrogen-bond acceptors (Lipinski definition) is 6. The highest BCUT2D eigenvalue weighted by molar-refractivity contribution is 5.94. The van der Waals surface area contributed by atoms with Gasteiger partial charge in [-0.3, -0.25) is 14.6 Å². The summed E-state index contributed by atoms with van der Waals surface area (Å²) in [6, 6.07) is 23.2. The molecule has 5 rings (SSSR count). The number of nitrogens with zero attached hydrogens (tertiary/aromatic N) is 3. The van der Waals surface area contributed by atoms with Gasteiger partial charge in [-0.25, -0.2) is 4.79 Å². The van der Waals surface area contributed by atoms with Gasteiger partial charge >= 0.3 is 5.97 Å². The van der Waals surface area contributed by atoms with E-state index in [9.17, 15) is 14.7 Å². The molecule has 2 fully saturated rings. The quantitative estimate of drug-likeness (QED) is 0.279. The molecule has 2 aliphatic rings. The van der Waals surface area contributed by atoms with Gasteiger partial charge in [0.1, 0.15) is 5.75 Å². The number of benzene rings is 3. The lowest BCUT2D eigenvalue weighted by atomic mass is 9.92. The van der Waals surface area contributed by atoms with Crippen LogP contribution in [0, 0.1) is 0 Å². The van der Waals surface area contributed by atoms with E-state index in [0.717, 1.165) is 49.2 Å². The van der Waals surface area contributed by atoms with E-state index >= 15 is 0 Å². The lowest BCUT2D eigenvalue weighted by molar-refractivity contribution is 0.0306. The molecule has 2 aliphatic heterocycles. The molecular formula is C36H44N4O4. The molecule has 3 aromatic carbocycles. The number of carbonyl (C=O) groups is 2. The molecule has 0 aliphatic carbocycles. The number of phenols is 1. The molecule has 2 heterocycles. The molecule has 0 bridgehead atoms. The number of carboxylic acid groups (broad SMARTS) is 1. The number of hydrogen-bond donors (Lipinski definition) is 3. The zero-order chi connectivity index (χ0) is 31.2. The molecule has 8 heteroatoms. The highest BCUT2D eigenvalue weighted by atomic mass is 16.4. The summed E-state index contributed by atoms with van der Waals surface area (Å²) in [6.45, 7) is 13.1. The fourth-order valence-corrected chi connectivity index (χ4v) is 6.61. The van der Waals surface area contributed by atoms with Crippen molar-refractivity contribution in [3.63, 3.8) is 0 Å². The van der Waals surface area contributed by atoms with Crippen LogP contribution >= 0.6 is 0 Å². The van der Waals surface area contributed by atoms with Gasteiger partial charge in [-0.2, -0.15) is 0 Å². The van der Waals surface area contributed by atoms with Gasteiger partial charge in [0.2, 0.25) is 0 Å². The van der Waals surface area contributed by atoms with Crippen LogP contribution in [0.1, 0.15) is 70.1 Å². The third-order valence-electron chi connectivity index (χ3n) is 9.07. The first-order chi connectivity index (χ1) is 21.2. The minimum atomic E-state index is -0.923. The zero-order valence-electron chi connectivity index (χ0n) is 25.7. The van der Waals surface area contributed by atoms with Crippen molar-refractivity contribution in [1.29, 1.82) is 0 Å². The average Bonchev–Trinajstić information content (AvgIpc) is 3.03. The maximum Gasteiger partial charge on any atom is 0.335 e. The number of amides is 1. The minimum absolute atomic E-state index is 0.0430. The molecule has 0 saturated carbocycles. The first-order valence-electron chi connectivity index (χ1n) is 15.6. The Morgan fingerprint density at radius 1 is 0.932 bits per heavy atom. The Morgan fingerprint density at radius 3 is 2.27 bits per heavy atom. The summed E-state index contributed by atoms with van der Waals surface area (Å²) in [4.78, 5) is 31.7. The molecular weight excluding hydrogens is 552 g/mol. The molecule has 0 aromatic heterocycles. The number of phenolic OH excluding ortho intramolecular Hbond substituents is 1.